The molecule has 33 heavy (non-hydrogen) atoms. The van der Waals surface area contributed by atoms with Gasteiger partial charge in [-0.25, -0.2) is 8.78 Å². The van der Waals surface area contributed by atoms with Crippen molar-refractivity contribution in [3.05, 3.63) is 70.8 Å². The van der Waals surface area contributed by atoms with Crippen molar-refractivity contribution in [3.63, 3.8) is 0 Å². The summed E-state index contributed by atoms with van der Waals surface area (Å²) in [6.07, 6.45) is 5.59. The molecule has 1 saturated carbocycles. The van der Waals surface area contributed by atoms with Gasteiger partial charge in [-0.3, -0.25) is 9.48 Å². The van der Waals surface area contributed by atoms with Crippen LogP contribution in [0.1, 0.15) is 25.8 Å². The zero-order valence-corrected chi connectivity index (χ0v) is 19.0. The van der Waals surface area contributed by atoms with Crippen LogP contribution < -0.4 is 15.0 Å². The first-order valence-corrected chi connectivity index (χ1v) is 11.7. The highest BCUT2D eigenvalue weighted by molar-refractivity contribution is 8.00. The lowest BCUT2D eigenvalue weighted by Crippen LogP contribution is -2.16. The maximum atomic E-state index is 14.3. The van der Waals surface area contributed by atoms with Crippen molar-refractivity contribution in [3.8, 4) is 22.6 Å². The Labute approximate surface area is 193 Å². The maximum absolute atomic E-state index is 14.3. The molecule has 0 radical (unpaired) electrons. The van der Waals surface area contributed by atoms with E-state index in [1.54, 1.807) is 25.5 Å². The maximum Gasteiger partial charge on any atom is 0.261 e. The van der Waals surface area contributed by atoms with E-state index in [0.717, 1.165) is 36.4 Å². The quantitative estimate of drug-likeness (QED) is 0.343. The largest absolute Gasteiger partial charge is 0.454 e. The number of hydrogen-bond donors (Lipinski definition) is 1. The van der Waals surface area contributed by atoms with Crippen LogP contribution in [0.2, 0.25) is 0 Å². The fourth-order valence-electron chi connectivity index (χ4n) is 3.70. The number of benzene rings is 2. The van der Waals surface area contributed by atoms with Gasteiger partial charge in [-0.05, 0) is 43.2 Å². The fourth-order valence-corrected chi connectivity index (χ4v) is 4.14. The van der Waals surface area contributed by atoms with E-state index in [9.17, 15) is 13.6 Å². The van der Waals surface area contributed by atoms with E-state index < -0.39 is 11.6 Å². The third-order valence-corrected chi connectivity index (χ3v) is 6.17. The van der Waals surface area contributed by atoms with Crippen LogP contribution in [-0.4, -0.2) is 20.1 Å². The molecule has 0 unspecified atom stereocenters. The molecule has 0 amide bonds. The average Bonchev–Trinajstić information content (AvgIpc) is 3.55. The summed E-state index contributed by atoms with van der Waals surface area (Å²) in [4.78, 5) is 12.8. The zero-order valence-electron chi connectivity index (χ0n) is 18.1. The minimum absolute atomic E-state index is 0.0918. The zero-order chi connectivity index (χ0) is 23.1. The second-order valence-electron chi connectivity index (χ2n) is 7.98. The van der Waals surface area contributed by atoms with E-state index in [4.69, 9.17) is 9.84 Å². The van der Waals surface area contributed by atoms with Gasteiger partial charge < -0.3 is 14.0 Å². The molecule has 0 saturated heterocycles. The molecule has 6 nitrogen and oxygen atoms in total. The highest BCUT2D eigenvalue weighted by atomic mass is 32.2. The van der Waals surface area contributed by atoms with E-state index in [1.165, 1.54) is 22.6 Å². The van der Waals surface area contributed by atoms with Gasteiger partial charge in [0.2, 0.25) is 0 Å². The molecule has 0 spiro atoms. The third-order valence-electron chi connectivity index (χ3n) is 5.50. The number of pyridine rings is 1. The molecular formula is C24H22F2N4O2S. The Morgan fingerprint density at radius 2 is 1.91 bits per heavy atom. The Kier molecular flexibility index (Phi) is 5.57. The van der Waals surface area contributed by atoms with Crippen LogP contribution in [-0.2, 0) is 7.05 Å². The summed E-state index contributed by atoms with van der Waals surface area (Å²) in [5.74, 6) is -0.334. The topological polar surface area (TPSA) is 61.1 Å². The summed E-state index contributed by atoms with van der Waals surface area (Å²) in [6, 6.07) is 8.93. The van der Waals surface area contributed by atoms with E-state index in [1.807, 2.05) is 23.7 Å². The minimum atomic E-state index is -0.798. The number of rotatable bonds is 7. The average molecular weight is 469 g/mol. The lowest BCUT2D eigenvalue weighted by molar-refractivity contribution is 0.439. The molecule has 4 aromatic rings. The predicted molar refractivity (Wildman–Crippen MR) is 127 cm³/mol. The lowest BCUT2D eigenvalue weighted by atomic mass is 10.0. The standard InChI is InChI=1S/C24H22F2N4O2S/c1-3-33-28-15-5-9-21(32-22-8-4-14(25)10-20(22)26)17(11-15)18-12-29(2)24(31)19-13-30(16-6-7-16)27-23(18)19/h4-5,8-13,16,28H,3,6-7H2,1-2H3. The van der Waals surface area contributed by atoms with Gasteiger partial charge >= 0.3 is 0 Å². The van der Waals surface area contributed by atoms with Gasteiger partial charge in [-0.1, -0.05) is 18.9 Å². The van der Waals surface area contributed by atoms with Crippen LogP contribution >= 0.6 is 11.9 Å². The Morgan fingerprint density at radius 1 is 1.12 bits per heavy atom. The first-order valence-electron chi connectivity index (χ1n) is 10.7. The van der Waals surface area contributed by atoms with Gasteiger partial charge in [0.25, 0.3) is 5.56 Å². The molecule has 0 aliphatic heterocycles. The summed E-state index contributed by atoms with van der Waals surface area (Å²) >= 11 is 1.54. The van der Waals surface area contributed by atoms with E-state index in [2.05, 4.69) is 4.72 Å². The Hall–Kier alpha value is -3.33. The van der Waals surface area contributed by atoms with E-state index in [-0.39, 0.29) is 11.3 Å². The van der Waals surface area contributed by atoms with Crippen molar-refractivity contribution < 1.29 is 13.5 Å². The number of ether oxygens (including phenoxy) is 1. The fraction of sp³-hybridized carbons (Fsp3) is 0.250. The van der Waals surface area contributed by atoms with Crippen LogP contribution in [0, 0.1) is 11.6 Å². The summed E-state index contributed by atoms with van der Waals surface area (Å²) in [6.45, 7) is 2.04. The summed E-state index contributed by atoms with van der Waals surface area (Å²) in [7, 11) is 1.69. The number of nitrogens with one attached hydrogen (secondary N) is 1. The summed E-state index contributed by atoms with van der Waals surface area (Å²) in [5, 5.41) is 5.24. The molecular weight excluding hydrogens is 446 g/mol. The van der Waals surface area contributed by atoms with Crippen LogP contribution in [0.25, 0.3) is 22.0 Å². The molecule has 5 rings (SSSR count). The van der Waals surface area contributed by atoms with Crippen molar-refractivity contribution in [1.29, 1.82) is 0 Å². The molecule has 1 aliphatic rings. The Balaban J connectivity index is 1.69. The van der Waals surface area contributed by atoms with Gasteiger partial charge in [0, 0.05) is 48.1 Å². The number of hydrogen-bond acceptors (Lipinski definition) is 5. The number of nitrogens with zero attached hydrogens (tertiary/aromatic N) is 3. The molecule has 1 fully saturated rings. The number of aryl methyl sites for hydroxylation is 1. The van der Waals surface area contributed by atoms with Gasteiger partial charge in [0.15, 0.2) is 11.6 Å². The van der Waals surface area contributed by atoms with Crippen molar-refractivity contribution in [1.82, 2.24) is 14.3 Å². The second kappa shape index (κ2) is 8.55. The first kappa shape index (κ1) is 21.5. The summed E-state index contributed by atoms with van der Waals surface area (Å²) < 4.78 is 40.3. The van der Waals surface area contributed by atoms with Crippen LogP contribution in [0.4, 0.5) is 14.5 Å². The van der Waals surface area contributed by atoms with Gasteiger partial charge in [0.1, 0.15) is 17.1 Å². The van der Waals surface area contributed by atoms with Gasteiger partial charge in [-0.15, -0.1) is 0 Å². The number of halogens is 2. The van der Waals surface area contributed by atoms with E-state index in [0.29, 0.717) is 33.8 Å². The normalized spacial score (nSPS) is 13.5. The highest BCUT2D eigenvalue weighted by Gasteiger charge is 2.26. The van der Waals surface area contributed by atoms with Crippen LogP contribution in [0.15, 0.2) is 53.6 Å². The summed E-state index contributed by atoms with van der Waals surface area (Å²) in [5.41, 5.74) is 2.59. The van der Waals surface area contributed by atoms with Gasteiger partial charge in [-0.2, -0.15) is 5.10 Å². The van der Waals surface area contributed by atoms with Crippen molar-refractivity contribution in [2.75, 3.05) is 10.5 Å². The molecule has 0 atom stereocenters. The molecule has 1 N–H and O–H groups in total. The number of anilines is 1. The van der Waals surface area contributed by atoms with Crippen molar-refractivity contribution in [2.24, 2.45) is 7.05 Å². The molecule has 1 aliphatic carbocycles. The van der Waals surface area contributed by atoms with Crippen LogP contribution in [0.3, 0.4) is 0 Å². The van der Waals surface area contributed by atoms with E-state index >= 15 is 0 Å². The molecule has 2 aromatic heterocycles. The molecule has 0 bridgehead atoms. The van der Waals surface area contributed by atoms with Crippen molar-refractivity contribution >= 4 is 28.5 Å². The SMILES string of the molecule is CCSNc1ccc(Oc2ccc(F)cc2F)c(-c2cn(C)c(=O)c3cn(C4CC4)nc23)c1. The first-order chi connectivity index (χ1) is 15.9. The molecule has 2 heterocycles. The third kappa shape index (κ3) is 4.20. The van der Waals surface area contributed by atoms with Gasteiger partial charge in [0.05, 0.1) is 11.4 Å². The molecule has 9 heteroatoms. The Morgan fingerprint density at radius 3 is 2.64 bits per heavy atom. The number of fused-ring (bicyclic) bond motifs is 1. The highest BCUT2D eigenvalue weighted by Crippen LogP contribution is 2.40. The molecule has 2 aromatic carbocycles. The Bertz CT molecular complexity index is 1410. The van der Waals surface area contributed by atoms with Crippen LogP contribution in [0.5, 0.6) is 11.5 Å². The number of aromatic nitrogens is 3. The minimum Gasteiger partial charge on any atom is -0.454 e. The monoisotopic (exact) mass is 468 g/mol. The smallest absolute Gasteiger partial charge is 0.261 e. The van der Waals surface area contributed by atoms with Crippen molar-refractivity contribution in [2.45, 2.75) is 25.8 Å². The predicted octanol–water partition coefficient (Wildman–Crippen LogP) is 5.89. The lowest BCUT2D eigenvalue weighted by Gasteiger charge is -2.15. The molecule has 170 valence electrons. The second-order valence-corrected chi connectivity index (χ2v) is 9.05.